The molecule has 2 nitrogen and oxygen atoms in total. The second kappa shape index (κ2) is 4.78. The highest BCUT2D eigenvalue weighted by atomic mass is 14.6. The standard InChI is InChI=1S/C12H16N2/c1-3-10-7-9(8-13)5-6-11(10)12(14)4-2/h5-7,12H,3-4,14H2,1-2H3. The maximum Gasteiger partial charge on any atom is 0.0991 e. The molecule has 0 radical (unpaired) electrons. The van der Waals surface area contributed by atoms with Crippen molar-refractivity contribution in [1.29, 1.82) is 5.26 Å². The highest BCUT2D eigenvalue weighted by Gasteiger charge is 2.08. The first-order valence-electron chi connectivity index (χ1n) is 5.01. The molecule has 0 aromatic heterocycles. The molecule has 2 N–H and O–H groups in total. The summed E-state index contributed by atoms with van der Waals surface area (Å²) in [6, 6.07) is 7.99. The van der Waals surface area contributed by atoms with E-state index in [9.17, 15) is 0 Å². The summed E-state index contributed by atoms with van der Waals surface area (Å²) in [5.74, 6) is 0. The van der Waals surface area contributed by atoms with Crippen LogP contribution in [-0.2, 0) is 6.42 Å². The number of hydrogen-bond acceptors (Lipinski definition) is 2. The van der Waals surface area contributed by atoms with E-state index < -0.39 is 0 Å². The fourth-order valence-electron chi connectivity index (χ4n) is 1.56. The maximum absolute atomic E-state index is 8.76. The maximum atomic E-state index is 8.76. The Kier molecular flexibility index (Phi) is 3.67. The SMILES string of the molecule is CCc1cc(C#N)ccc1C(N)CC. The van der Waals surface area contributed by atoms with Gasteiger partial charge in [-0.3, -0.25) is 0 Å². The van der Waals surface area contributed by atoms with Crippen LogP contribution in [-0.4, -0.2) is 0 Å². The van der Waals surface area contributed by atoms with E-state index in [0.717, 1.165) is 12.8 Å². The monoisotopic (exact) mass is 188 g/mol. The highest BCUT2D eigenvalue weighted by Crippen LogP contribution is 2.20. The van der Waals surface area contributed by atoms with Crippen LogP contribution in [0.1, 0.15) is 43.0 Å². The number of nitriles is 1. The van der Waals surface area contributed by atoms with Crippen LogP contribution in [0.15, 0.2) is 18.2 Å². The lowest BCUT2D eigenvalue weighted by molar-refractivity contribution is 0.690. The summed E-state index contributed by atoms with van der Waals surface area (Å²) in [5.41, 5.74) is 9.06. The summed E-state index contributed by atoms with van der Waals surface area (Å²) in [6.45, 7) is 4.16. The Bertz CT molecular complexity index is 350. The smallest absolute Gasteiger partial charge is 0.0991 e. The Labute approximate surface area is 85.4 Å². The summed E-state index contributed by atoms with van der Waals surface area (Å²) in [5, 5.41) is 8.76. The predicted molar refractivity (Wildman–Crippen MR) is 57.8 cm³/mol. The van der Waals surface area contributed by atoms with Gasteiger partial charge < -0.3 is 5.73 Å². The minimum absolute atomic E-state index is 0.0951. The Hall–Kier alpha value is -1.33. The van der Waals surface area contributed by atoms with Gasteiger partial charge in [0.25, 0.3) is 0 Å². The molecular formula is C12H16N2. The lowest BCUT2D eigenvalue weighted by Gasteiger charge is -2.13. The number of nitrogens with two attached hydrogens (primary N) is 1. The lowest BCUT2D eigenvalue weighted by atomic mass is 9.96. The third-order valence-corrected chi connectivity index (χ3v) is 2.49. The predicted octanol–water partition coefficient (Wildman–Crippen LogP) is 2.53. The minimum Gasteiger partial charge on any atom is -0.324 e. The van der Waals surface area contributed by atoms with E-state index in [0.29, 0.717) is 5.56 Å². The molecule has 0 spiro atoms. The Morgan fingerprint density at radius 3 is 2.64 bits per heavy atom. The first-order chi connectivity index (χ1) is 6.72. The van der Waals surface area contributed by atoms with E-state index in [1.807, 2.05) is 18.2 Å². The number of nitrogens with zero attached hydrogens (tertiary/aromatic N) is 1. The van der Waals surface area contributed by atoms with Gasteiger partial charge in [-0.2, -0.15) is 5.26 Å². The minimum atomic E-state index is 0.0951. The second-order valence-corrected chi connectivity index (χ2v) is 3.39. The summed E-state index contributed by atoms with van der Waals surface area (Å²) < 4.78 is 0. The molecule has 14 heavy (non-hydrogen) atoms. The van der Waals surface area contributed by atoms with Gasteiger partial charge in [-0.15, -0.1) is 0 Å². The quantitative estimate of drug-likeness (QED) is 0.792. The van der Waals surface area contributed by atoms with E-state index in [1.54, 1.807) is 0 Å². The normalized spacial score (nSPS) is 12.1. The lowest BCUT2D eigenvalue weighted by Crippen LogP contribution is -2.11. The first kappa shape index (κ1) is 10.7. The number of aryl methyl sites for hydroxylation is 1. The van der Waals surface area contributed by atoms with Crippen LogP contribution in [0, 0.1) is 11.3 Å². The van der Waals surface area contributed by atoms with Crippen molar-refractivity contribution in [3.63, 3.8) is 0 Å². The van der Waals surface area contributed by atoms with Crippen LogP contribution in [0.2, 0.25) is 0 Å². The fraction of sp³-hybridized carbons (Fsp3) is 0.417. The zero-order valence-corrected chi connectivity index (χ0v) is 8.75. The van der Waals surface area contributed by atoms with Crippen molar-refractivity contribution in [3.05, 3.63) is 34.9 Å². The molecular weight excluding hydrogens is 172 g/mol. The zero-order chi connectivity index (χ0) is 10.6. The molecule has 0 saturated heterocycles. The van der Waals surface area contributed by atoms with Crippen molar-refractivity contribution >= 4 is 0 Å². The van der Waals surface area contributed by atoms with Crippen LogP contribution in [0.5, 0.6) is 0 Å². The molecule has 2 heteroatoms. The summed E-state index contributed by atoms with van der Waals surface area (Å²) in [6.07, 6.45) is 1.86. The molecule has 0 aliphatic rings. The zero-order valence-electron chi connectivity index (χ0n) is 8.75. The van der Waals surface area contributed by atoms with E-state index in [4.69, 9.17) is 11.0 Å². The second-order valence-electron chi connectivity index (χ2n) is 3.39. The molecule has 1 aromatic carbocycles. The molecule has 74 valence electrons. The largest absolute Gasteiger partial charge is 0.324 e. The molecule has 0 fully saturated rings. The van der Waals surface area contributed by atoms with Gasteiger partial charge in [-0.1, -0.05) is 19.9 Å². The fourth-order valence-corrected chi connectivity index (χ4v) is 1.56. The van der Waals surface area contributed by atoms with Crippen molar-refractivity contribution in [3.8, 4) is 6.07 Å². The number of benzene rings is 1. The average Bonchev–Trinajstić information content (AvgIpc) is 2.27. The summed E-state index contributed by atoms with van der Waals surface area (Å²) >= 11 is 0. The van der Waals surface area contributed by atoms with E-state index in [1.165, 1.54) is 11.1 Å². The van der Waals surface area contributed by atoms with Crippen LogP contribution in [0.3, 0.4) is 0 Å². The molecule has 1 atom stereocenters. The Morgan fingerprint density at radius 1 is 1.43 bits per heavy atom. The van der Waals surface area contributed by atoms with Crippen molar-refractivity contribution in [2.75, 3.05) is 0 Å². The third-order valence-electron chi connectivity index (χ3n) is 2.49. The van der Waals surface area contributed by atoms with Gasteiger partial charge in [0.1, 0.15) is 0 Å². The Balaban J connectivity index is 3.13. The van der Waals surface area contributed by atoms with Crippen LogP contribution < -0.4 is 5.73 Å². The Morgan fingerprint density at radius 2 is 2.14 bits per heavy atom. The molecule has 1 unspecified atom stereocenters. The van der Waals surface area contributed by atoms with Gasteiger partial charge >= 0.3 is 0 Å². The molecule has 0 aliphatic carbocycles. The first-order valence-corrected chi connectivity index (χ1v) is 5.01. The van der Waals surface area contributed by atoms with Crippen molar-refractivity contribution in [2.24, 2.45) is 5.73 Å². The van der Waals surface area contributed by atoms with Gasteiger partial charge in [-0.05, 0) is 36.1 Å². The molecule has 0 bridgehead atoms. The molecule has 0 heterocycles. The van der Waals surface area contributed by atoms with Crippen molar-refractivity contribution in [2.45, 2.75) is 32.7 Å². The third kappa shape index (κ3) is 2.12. The average molecular weight is 188 g/mol. The van der Waals surface area contributed by atoms with Crippen LogP contribution in [0.25, 0.3) is 0 Å². The van der Waals surface area contributed by atoms with Gasteiger partial charge in [0, 0.05) is 6.04 Å². The van der Waals surface area contributed by atoms with Gasteiger partial charge in [0.2, 0.25) is 0 Å². The topological polar surface area (TPSA) is 49.8 Å². The molecule has 1 aromatic rings. The van der Waals surface area contributed by atoms with Gasteiger partial charge in [-0.25, -0.2) is 0 Å². The summed E-state index contributed by atoms with van der Waals surface area (Å²) in [7, 11) is 0. The molecule has 1 rings (SSSR count). The van der Waals surface area contributed by atoms with E-state index >= 15 is 0 Å². The molecule has 0 aliphatic heterocycles. The van der Waals surface area contributed by atoms with Crippen LogP contribution >= 0.6 is 0 Å². The van der Waals surface area contributed by atoms with Crippen LogP contribution in [0.4, 0.5) is 0 Å². The molecule has 0 saturated carbocycles. The van der Waals surface area contributed by atoms with Crippen molar-refractivity contribution in [1.82, 2.24) is 0 Å². The number of rotatable bonds is 3. The van der Waals surface area contributed by atoms with Crippen molar-refractivity contribution < 1.29 is 0 Å². The van der Waals surface area contributed by atoms with E-state index in [-0.39, 0.29) is 6.04 Å². The van der Waals surface area contributed by atoms with Gasteiger partial charge in [0.05, 0.1) is 11.6 Å². The van der Waals surface area contributed by atoms with E-state index in [2.05, 4.69) is 19.9 Å². The number of hydrogen-bond donors (Lipinski definition) is 1. The van der Waals surface area contributed by atoms with Gasteiger partial charge in [0.15, 0.2) is 0 Å². The summed E-state index contributed by atoms with van der Waals surface area (Å²) in [4.78, 5) is 0. The molecule has 0 amide bonds. The highest BCUT2D eigenvalue weighted by molar-refractivity contribution is 5.39.